The molecule has 0 unspecified atom stereocenters. The van der Waals surface area contributed by atoms with Crippen LogP contribution in [0, 0.1) is 0 Å². The van der Waals surface area contributed by atoms with Gasteiger partial charge in [-0.1, -0.05) is 18.2 Å². The quantitative estimate of drug-likeness (QED) is 0.503. The van der Waals surface area contributed by atoms with E-state index < -0.39 is 0 Å². The van der Waals surface area contributed by atoms with Gasteiger partial charge >= 0.3 is 0 Å². The lowest BCUT2D eigenvalue weighted by atomic mass is 10.1. The maximum Gasteiger partial charge on any atom is 0.253 e. The Morgan fingerprint density at radius 3 is 2.42 bits per heavy atom. The zero-order chi connectivity index (χ0) is 22.1. The molecule has 0 atom stereocenters. The number of rotatable bonds is 8. The highest BCUT2D eigenvalue weighted by Crippen LogP contribution is 2.22. The fourth-order valence-corrected chi connectivity index (χ4v) is 3.47. The van der Waals surface area contributed by atoms with E-state index in [1.54, 1.807) is 19.0 Å². The molecule has 1 aliphatic rings. The Morgan fingerprint density at radius 2 is 1.81 bits per heavy atom. The van der Waals surface area contributed by atoms with Crippen molar-refractivity contribution in [3.8, 4) is 5.88 Å². The molecule has 1 aliphatic carbocycles. The number of guanidine groups is 1. The molecule has 0 spiro atoms. The molecule has 0 radical (unpaired) electrons. The average molecular weight is 424 g/mol. The van der Waals surface area contributed by atoms with E-state index in [0.29, 0.717) is 30.6 Å². The van der Waals surface area contributed by atoms with Crippen LogP contribution in [0.3, 0.4) is 0 Å². The first kappa shape index (κ1) is 22.6. The van der Waals surface area contributed by atoms with Gasteiger partial charge in [0, 0.05) is 45.0 Å². The van der Waals surface area contributed by atoms with E-state index in [-0.39, 0.29) is 5.91 Å². The minimum atomic E-state index is 0.00248. The highest BCUT2D eigenvalue weighted by atomic mass is 16.5. The summed E-state index contributed by atoms with van der Waals surface area (Å²) in [5.74, 6) is 1.44. The van der Waals surface area contributed by atoms with Crippen LogP contribution in [0.5, 0.6) is 5.88 Å². The van der Waals surface area contributed by atoms with Crippen LogP contribution in [0.25, 0.3) is 0 Å². The minimum Gasteiger partial charge on any atom is -0.474 e. The van der Waals surface area contributed by atoms with E-state index in [0.717, 1.165) is 36.5 Å². The van der Waals surface area contributed by atoms with E-state index in [9.17, 15) is 4.79 Å². The molecule has 0 saturated heterocycles. The smallest absolute Gasteiger partial charge is 0.253 e. The Kier molecular flexibility index (Phi) is 8.27. The molecular weight excluding hydrogens is 390 g/mol. The molecule has 0 bridgehead atoms. The van der Waals surface area contributed by atoms with E-state index in [1.807, 2.05) is 49.5 Å². The van der Waals surface area contributed by atoms with Gasteiger partial charge in [-0.2, -0.15) is 0 Å². The summed E-state index contributed by atoms with van der Waals surface area (Å²) in [6.45, 7) is 3.96. The van der Waals surface area contributed by atoms with Gasteiger partial charge in [0.25, 0.3) is 5.91 Å². The normalized spacial score (nSPS) is 14.4. The van der Waals surface area contributed by atoms with Crippen molar-refractivity contribution >= 4 is 11.9 Å². The summed E-state index contributed by atoms with van der Waals surface area (Å²) in [7, 11) is 3.51. The van der Waals surface area contributed by atoms with Crippen LogP contribution in [-0.2, 0) is 13.1 Å². The van der Waals surface area contributed by atoms with E-state index in [4.69, 9.17) is 4.74 Å². The number of ether oxygens (including phenoxy) is 1. The van der Waals surface area contributed by atoms with Gasteiger partial charge in [-0.25, -0.2) is 9.98 Å². The van der Waals surface area contributed by atoms with Crippen molar-refractivity contribution in [1.29, 1.82) is 0 Å². The van der Waals surface area contributed by atoms with Crippen molar-refractivity contribution in [2.45, 2.75) is 51.8 Å². The molecule has 1 saturated carbocycles. The maximum absolute atomic E-state index is 12.0. The maximum atomic E-state index is 12.0. The molecule has 7 heteroatoms. The molecule has 3 rings (SSSR count). The number of nitrogens with one attached hydrogen (secondary N) is 2. The number of aliphatic imine (C=N–C) groups is 1. The average Bonchev–Trinajstić information content (AvgIpc) is 3.29. The molecule has 2 aromatic rings. The third-order valence-corrected chi connectivity index (χ3v) is 5.22. The Bertz CT molecular complexity index is 857. The summed E-state index contributed by atoms with van der Waals surface area (Å²) < 4.78 is 5.92. The van der Waals surface area contributed by atoms with E-state index in [2.05, 4.69) is 20.6 Å². The van der Waals surface area contributed by atoms with Crippen molar-refractivity contribution < 1.29 is 9.53 Å². The van der Waals surface area contributed by atoms with Crippen LogP contribution < -0.4 is 15.4 Å². The second-order valence-electron chi connectivity index (χ2n) is 7.97. The lowest BCUT2D eigenvalue weighted by molar-refractivity contribution is 0.0827. The van der Waals surface area contributed by atoms with Gasteiger partial charge < -0.3 is 20.3 Å². The van der Waals surface area contributed by atoms with Gasteiger partial charge in [-0.05, 0) is 55.9 Å². The van der Waals surface area contributed by atoms with Crippen molar-refractivity contribution in [3.63, 3.8) is 0 Å². The number of carbonyl (C=O) groups excluding carboxylic acids is 1. The van der Waals surface area contributed by atoms with Crippen molar-refractivity contribution in [2.75, 3.05) is 20.6 Å². The SMILES string of the molecule is CCNC(=NCc1ccc(OC2CCCC2)nc1)NCc1ccc(C(=O)N(C)C)cc1. The fraction of sp³-hybridized carbons (Fsp3) is 0.458. The van der Waals surface area contributed by atoms with Crippen molar-refractivity contribution in [1.82, 2.24) is 20.5 Å². The molecule has 1 heterocycles. The predicted octanol–water partition coefficient (Wildman–Crippen LogP) is 3.36. The number of carbonyl (C=O) groups is 1. The number of nitrogens with zero attached hydrogens (tertiary/aromatic N) is 3. The Balaban J connectivity index is 1.53. The van der Waals surface area contributed by atoms with Crippen LogP contribution in [0.1, 0.15) is 54.1 Å². The van der Waals surface area contributed by atoms with Crippen molar-refractivity contribution in [3.05, 3.63) is 59.3 Å². The molecular formula is C24H33N5O2. The molecule has 1 aromatic carbocycles. The zero-order valence-corrected chi connectivity index (χ0v) is 18.7. The zero-order valence-electron chi connectivity index (χ0n) is 18.7. The number of pyridine rings is 1. The predicted molar refractivity (Wildman–Crippen MR) is 123 cm³/mol. The first-order valence-corrected chi connectivity index (χ1v) is 11.0. The molecule has 2 N–H and O–H groups in total. The summed E-state index contributed by atoms with van der Waals surface area (Å²) in [6, 6.07) is 11.6. The summed E-state index contributed by atoms with van der Waals surface area (Å²) in [4.78, 5) is 22.7. The van der Waals surface area contributed by atoms with Crippen LogP contribution >= 0.6 is 0 Å². The van der Waals surface area contributed by atoms with Gasteiger partial charge in [0.2, 0.25) is 5.88 Å². The Hall–Kier alpha value is -3.09. The highest BCUT2D eigenvalue weighted by Gasteiger charge is 2.16. The second-order valence-corrected chi connectivity index (χ2v) is 7.97. The number of amides is 1. The van der Waals surface area contributed by atoms with E-state index >= 15 is 0 Å². The number of aromatic nitrogens is 1. The number of hydrogen-bond donors (Lipinski definition) is 2. The topological polar surface area (TPSA) is 78.9 Å². The van der Waals surface area contributed by atoms with Crippen LogP contribution in [-0.4, -0.2) is 48.5 Å². The largest absolute Gasteiger partial charge is 0.474 e. The summed E-state index contributed by atoms with van der Waals surface area (Å²) in [5.41, 5.74) is 2.79. The standard InChI is InChI=1S/C24H33N5O2/c1-4-25-24(27-15-18-9-12-20(13-10-18)23(30)29(2)3)28-17-19-11-14-22(26-16-19)31-21-7-5-6-8-21/h9-14,16,21H,4-8,15,17H2,1-3H3,(H2,25,27,28). The van der Waals surface area contributed by atoms with Crippen LogP contribution in [0.2, 0.25) is 0 Å². The third kappa shape index (κ3) is 6.98. The summed E-state index contributed by atoms with van der Waals surface area (Å²) >= 11 is 0. The molecule has 1 amide bonds. The monoisotopic (exact) mass is 423 g/mol. The molecule has 0 aliphatic heterocycles. The van der Waals surface area contributed by atoms with Gasteiger partial charge in [0.15, 0.2) is 5.96 Å². The first-order chi connectivity index (χ1) is 15.0. The van der Waals surface area contributed by atoms with Gasteiger partial charge in [-0.3, -0.25) is 4.79 Å². The Labute approximate surface area is 184 Å². The summed E-state index contributed by atoms with van der Waals surface area (Å²) in [6.07, 6.45) is 6.89. The second kappa shape index (κ2) is 11.3. The lowest BCUT2D eigenvalue weighted by Crippen LogP contribution is -2.36. The number of hydrogen-bond acceptors (Lipinski definition) is 4. The molecule has 31 heavy (non-hydrogen) atoms. The minimum absolute atomic E-state index is 0.00248. The van der Waals surface area contributed by atoms with E-state index in [1.165, 1.54) is 12.8 Å². The molecule has 166 valence electrons. The lowest BCUT2D eigenvalue weighted by Gasteiger charge is -2.13. The van der Waals surface area contributed by atoms with Gasteiger partial charge in [0.1, 0.15) is 6.10 Å². The highest BCUT2D eigenvalue weighted by molar-refractivity contribution is 5.93. The van der Waals surface area contributed by atoms with Gasteiger partial charge in [-0.15, -0.1) is 0 Å². The molecule has 1 fully saturated rings. The Morgan fingerprint density at radius 1 is 1.10 bits per heavy atom. The summed E-state index contributed by atoms with van der Waals surface area (Å²) in [5, 5.41) is 6.60. The molecule has 1 aromatic heterocycles. The van der Waals surface area contributed by atoms with Crippen LogP contribution in [0.15, 0.2) is 47.6 Å². The molecule has 7 nitrogen and oxygen atoms in total. The van der Waals surface area contributed by atoms with Crippen LogP contribution in [0.4, 0.5) is 0 Å². The van der Waals surface area contributed by atoms with Gasteiger partial charge in [0.05, 0.1) is 6.54 Å². The first-order valence-electron chi connectivity index (χ1n) is 11.0. The van der Waals surface area contributed by atoms with Crippen molar-refractivity contribution in [2.24, 2.45) is 4.99 Å². The number of benzene rings is 1. The third-order valence-electron chi connectivity index (χ3n) is 5.22. The fourth-order valence-electron chi connectivity index (χ4n) is 3.47.